The minimum absolute atomic E-state index is 0.0263. The van der Waals surface area contributed by atoms with Gasteiger partial charge in [-0.3, -0.25) is 9.48 Å². The molecule has 3 heterocycles. The highest BCUT2D eigenvalue weighted by Crippen LogP contribution is 2.40. The van der Waals surface area contributed by atoms with Gasteiger partial charge in [0.15, 0.2) is 0 Å². The van der Waals surface area contributed by atoms with Crippen LogP contribution in [0.3, 0.4) is 0 Å². The second-order valence-electron chi connectivity index (χ2n) is 6.82. The van der Waals surface area contributed by atoms with Gasteiger partial charge in [-0.05, 0) is 43.0 Å². The molecule has 2 N–H and O–H groups in total. The summed E-state index contributed by atoms with van der Waals surface area (Å²) < 4.78 is 1.91. The number of amides is 1. The van der Waals surface area contributed by atoms with Gasteiger partial charge in [0.1, 0.15) is 17.1 Å². The Balaban J connectivity index is 1.38. The van der Waals surface area contributed by atoms with E-state index in [-0.39, 0.29) is 5.91 Å². The Hall–Kier alpha value is -2.74. The van der Waals surface area contributed by atoms with Crippen LogP contribution in [0.15, 0.2) is 24.3 Å². The molecule has 1 fully saturated rings. The number of carbonyl (C=O) groups excluding carboxylic acids is 1. The average molecular weight is 338 g/mol. The number of aromatic amines is 1. The highest BCUT2D eigenvalue weighted by molar-refractivity contribution is 5.97. The molecule has 2 aliphatic rings. The van der Waals surface area contributed by atoms with E-state index < -0.39 is 6.10 Å². The van der Waals surface area contributed by atoms with Gasteiger partial charge in [0.05, 0.1) is 24.5 Å². The Kier molecular flexibility index (Phi) is 3.14. The zero-order valence-electron chi connectivity index (χ0n) is 13.6. The molecular weight excluding hydrogens is 320 g/mol. The molecular formula is C17H18N6O2. The van der Waals surface area contributed by atoms with E-state index >= 15 is 0 Å². The molecule has 0 saturated heterocycles. The zero-order valence-corrected chi connectivity index (χ0v) is 13.6. The number of rotatable bonds is 3. The summed E-state index contributed by atoms with van der Waals surface area (Å²) in [4.78, 5) is 14.6. The second kappa shape index (κ2) is 5.38. The fourth-order valence-corrected chi connectivity index (χ4v) is 3.42. The van der Waals surface area contributed by atoms with E-state index in [1.54, 1.807) is 18.2 Å². The van der Waals surface area contributed by atoms with Crippen molar-refractivity contribution in [3.8, 4) is 0 Å². The minimum atomic E-state index is -0.475. The highest BCUT2D eigenvalue weighted by Gasteiger charge is 2.33. The third-order valence-electron chi connectivity index (χ3n) is 5.04. The van der Waals surface area contributed by atoms with Crippen LogP contribution in [0.4, 0.5) is 0 Å². The second-order valence-corrected chi connectivity index (χ2v) is 6.82. The van der Waals surface area contributed by atoms with E-state index in [2.05, 4.69) is 20.5 Å². The van der Waals surface area contributed by atoms with Crippen molar-refractivity contribution in [3.63, 3.8) is 0 Å². The molecule has 0 bridgehead atoms. The first-order chi connectivity index (χ1) is 12.2. The molecule has 25 heavy (non-hydrogen) atoms. The number of H-pyrrole nitrogens is 1. The van der Waals surface area contributed by atoms with Crippen molar-refractivity contribution in [1.82, 2.24) is 30.1 Å². The molecule has 1 atom stereocenters. The maximum atomic E-state index is 12.8. The summed E-state index contributed by atoms with van der Waals surface area (Å²) in [5.74, 6) is 0.325. The summed E-state index contributed by atoms with van der Waals surface area (Å²) in [7, 11) is 0. The number of fused-ring (bicyclic) bond motifs is 2. The van der Waals surface area contributed by atoms with Crippen LogP contribution in [0, 0.1) is 5.92 Å². The maximum Gasteiger partial charge on any atom is 0.254 e. The standard InChI is InChI=1S/C17H18N6O2/c24-16(10-1-2-10)15-8-12-9-22(5-6-23(12)20-15)17(25)11-3-4-13-14(7-11)19-21-18-13/h3-4,7-8,10,16,24H,1-2,5-6,9H2,(H,18,19,21). The Morgan fingerprint density at radius 1 is 1.20 bits per heavy atom. The quantitative estimate of drug-likeness (QED) is 0.749. The van der Waals surface area contributed by atoms with Crippen molar-refractivity contribution in [2.75, 3.05) is 6.54 Å². The largest absolute Gasteiger partial charge is 0.386 e. The molecule has 1 aliphatic heterocycles. The van der Waals surface area contributed by atoms with Crippen molar-refractivity contribution >= 4 is 16.9 Å². The topological polar surface area (TPSA) is 99.9 Å². The Labute approximate surface area is 143 Å². The molecule has 1 aliphatic carbocycles. The Morgan fingerprint density at radius 2 is 2.04 bits per heavy atom. The van der Waals surface area contributed by atoms with Gasteiger partial charge in [0.2, 0.25) is 0 Å². The smallest absolute Gasteiger partial charge is 0.254 e. The summed E-state index contributed by atoms with van der Waals surface area (Å²) in [5.41, 5.74) is 3.73. The van der Waals surface area contributed by atoms with Crippen molar-refractivity contribution in [3.05, 3.63) is 41.2 Å². The van der Waals surface area contributed by atoms with Crippen molar-refractivity contribution in [2.45, 2.75) is 32.0 Å². The summed E-state index contributed by atoms with van der Waals surface area (Å²) >= 11 is 0. The van der Waals surface area contributed by atoms with Crippen LogP contribution in [0.25, 0.3) is 11.0 Å². The number of hydrogen-bond acceptors (Lipinski definition) is 5. The molecule has 0 spiro atoms. The van der Waals surface area contributed by atoms with E-state index in [0.29, 0.717) is 36.6 Å². The first-order valence-corrected chi connectivity index (χ1v) is 8.53. The summed E-state index contributed by atoms with van der Waals surface area (Å²) in [6.45, 7) is 1.74. The third kappa shape index (κ3) is 2.49. The monoisotopic (exact) mass is 338 g/mol. The summed E-state index contributed by atoms with van der Waals surface area (Å²) in [5, 5.41) is 25.4. The van der Waals surface area contributed by atoms with Crippen LogP contribution in [-0.2, 0) is 13.1 Å². The zero-order chi connectivity index (χ0) is 17.0. The van der Waals surface area contributed by atoms with E-state index in [1.165, 1.54) is 0 Å². The first-order valence-electron chi connectivity index (χ1n) is 8.53. The van der Waals surface area contributed by atoms with Gasteiger partial charge >= 0.3 is 0 Å². The van der Waals surface area contributed by atoms with Crippen LogP contribution in [0.1, 0.15) is 40.7 Å². The molecule has 3 aromatic rings. The number of nitrogens with zero attached hydrogens (tertiary/aromatic N) is 5. The first kappa shape index (κ1) is 14.6. The number of carbonyl (C=O) groups is 1. The fraction of sp³-hybridized carbons (Fsp3) is 0.412. The Bertz CT molecular complexity index is 957. The molecule has 8 nitrogen and oxygen atoms in total. The molecule has 1 aromatic carbocycles. The van der Waals surface area contributed by atoms with Crippen LogP contribution in [0.2, 0.25) is 0 Å². The number of nitrogens with one attached hydrogen (secondary N) is 1. The van der Waals surface area contributed by atoms with E-state index in [9.17, 15) is 9.90 Å². The van der Waals surface area contributed by atoms with Gasteiger partial charge in [0, 0.05) is 12.1 Å². The summed E-state index contributed by atoms with van der Waals surface area (Å²) in [6.07, 6.45) is 1.66. The lowest BCUT2D eigenvalue weighted by Gasteiger charge is -2.27. The van der Waals surface area contributed by atoms with Crippen LogP contribution < -0.4 is 0 Å². The minimum Gasteiger partial charge on any atom is -0.386 e. The molecule has 1 amide bonds. The van der Waals surface area contributed by atoms with Gasteiger partial charge in [-0.1, -0.05) is 0 Å². The predicted molar refractivity (Wildman–Crippen MR) is 88.5 cm³/mol. The van der Waals surface area contributed by atoms with Gasteiger partial charge in [0.25, 0.3) is 5.91 Å². The van der Waals surface area contributed by atoms with Gasteiger partial charge < -0.3 is 10.0 Å². The third-order valence-corrected chi connectivity index (χ3v) is 5.04. The van der Waals surface area contributed by atoms with Crippen LogP contribution in [0.5, 0.6) is 0 Å². The average Bonchev–Trinajstić information content (AvgIpc) is 3.22. The van der Waals surface area contributed by atoms with Crippen LogP contribution in [-0.4, -0.2) is 47.6 Å². The predicted octanol–water partition coefficient (Wildman–Crippen LogP) is 1.25. The molecule has 8 heteroatoms. The van der Waals surface area contributed by atoms with Crippen molar-refractivity contribution in [1.29, 1.82) is 0 Å². The Morgan fingerprint density at radius 3 is 2.88 bits per heavy atom. The number of aromatic nitrogens is 5. The molecule has 5 rings (SSSR count). The van der Waals surface area contributed by atoms with Gasteiger partial charge in [-0.15, -0.1) is 0 Å². The number of aliphatic hydroxyl groups excluding tert-OH is 1. The molecule has 1 unspecified atom stereocenters. The number of hydrogen-bond donors (Lipinski definition) is 2. The maximum absolute atomic E-state index is 12.8. The van der Waals surface area contributed by atoms with Gasteiger partial charge in [-0.25, -0.2) is 0 Å². The number of aliphatic hydroxyl groups is 1. The van der Waals surface area contributed by atoms with E-state index in [1.807, 2.05) is 15.6 Å². The van der Waals surface area contributed by atoms with Crippen molar-refractivity contribution in [2.24, 2.45) is 5.92 Å². The van der Waals surface area contributed by atoms with Gasteiger partial charge in [-0.2, -0.15) is 20.5 Å². The number of benzene rings is 1. The van der Waals surface area contributed by atoms with Crippen LogP contribution >= 0.6 is 0 Å². The molecule has 0 radical (unpaired) electrons. The lowest BCUT2D eigenvalue weighted by Crippen LogP contribution is -2.38. The normalized spacial score (nSPS) is 18.4. The molecule has 1 saturated carbocycles. The lowest BCUT2D eigenvalue weighted by atomic mass is 10.1. The fourth-order valence-electron chi connectivity index (χ4n) is 3.42. The van der Waals surface area contributed by atoms with Crippen molar-refractivity contribution < 1.29 is 9.90 Å². The van der Waals surface area contributed by atoms with E-state index in [4.69, 9.17) is 0 Å². The SMILES string of the molecule is O=C(c1ccc2n[nH]nc2c1)N1CCn2nc(C(O)C3CC3)cc2C1. The highest BCUT2D eigenvalue weighted by atomic mass is 16.3. The molecule has 2 aromatic heterocycles. The lowest BCUT2D eigenvalue weighted by molar-refractivity contribution is 0.0705. The molecule has 128 valence electrons. The van der Waals surface area contributed by atoms with E-state index in [0.717, 1.165) is 29.7 Å². The summed E-state index contributed by atoms with van der Waals surface area (Å²) in [6, 6.07) is 7.27.